The zero-order chi connectivity index (χ0) is 16.2. The molecule has 1 aromatic carbocycles. The second kappa shape index (κ2) is 6.91. The van der Waals surface area contributed by atoms with Gasteiger partial charge in [-0.05, 0) is 44.2 Å². The van der Waals surface area contributed by atoms with Gasteiger partial charge in [0.15, 0.2) is 11.5 Å². The third kappa shape index (κ3) is 3.76. The molecule has 0 unspecified atom stereocenters. The summed E-state index contributed by atoms with van der Waals surface area (Å²) in [6.07, 6.45) is 1.69. The highest BCUT2D eigenvalue weighted by Crippen LogP contribution is 2.37. The summed E-state index contributed by atoms with van der Waals surface area (Å²) in [6, 6.07) is 9.37. The summed E-state index contributed by atoms with van der Waals surface area (Å²) in [4.78, 5) is 17.6. The summed E-state index contributed by atoms with van der Waals surface area (Å²) in [6.45, 7) is 4.98. The van der Waals surface area contributed by atoms with Crippen molar-refractivity contribution in [3.63, 3.8) is 0 Å². The highest BCUT2D eigenvalue weighted by molar-refractivity contribution is 7.99. The summed E-state index contributed by atoms with van der Waals surface area (Å²) in [5.41, 5.74) is 0.570. The zero-order valence-corrected chi connectivity index (χ0v) is 13.9. The van der Waals surface area contributed by atoms with E-state index < -0.39 is 0 Å². The molecule has 1 N–H and O–H groups in total. The topological polar surface area (TPSA) is 60.5 Å². The molecular weight excluding hydrogens is 312 g/mol. The maximum Gasteiger partial charge on any atom is 0.254 e. The normalized spacial score (nSPS) is 13.0. The molecule has 0 radical (unpaired) electrons. The summed E-state index contributed by atoms with van der Waals surface area (Å²) >= 11 is 1.43. The molecule has 3 rings (SSSR count). The van der Waals surface area contributed by atoms with Crippen molar-refractivity contribution < 1.29 is 14.3 Å². The van der Waals surface area contributed by atoms with Crippen molar-refractivity contribution in [2.24, 2.45) is 0 Å². The second-order valence-electron chi connectivity index (χ2n) is 5.39. The molecule has 0 atom stereocenters. The number of hydrogen-bond donors (Lipinski definition) is 1. The van der Waals surface area contributed by atoms with E-state index in [9.17, 15) is 4.79 Å². The lowest BCUT2D eigenvalue weighted by Gasteiger charge is -2.18. The highest BCUT2D eigenvalue weighted by Gasteiger charge is 2.16. The first-order chi connectivity index (χ1) is 11.1. The maximum atomic E-state index is 12.3. The molecule has 0 aliphatic carbocycles. The van der Waals surface area contributed by atoms with E-state index in [0.29, 0.717) is 23.8 Å². The van der Waals surface area contributed by atoms with Crippen molar-refractivity contribution >= 4 is 17.7 Å². The van der Waals surface area contributed by atoms with Crippen LogP contribution in [0.15, 0.2) is 46.5 Å². The standard InChI is InChI=1S/C17H18N2O3S/c1-11(2)19-16(20)13-4-3-7-18-17(13)23-12-5-6-14-15(10-12)22-9-8-21-14/h3-7,10-11H,8-9H2,1-2H3,(H,19,20). The molecule has 0 spiro atoms. The molecule has 2 heterocycles. The van der Waals surface area contributed by atoms with E-state index in [1.807, 2.05) is 32.0 Å². The van der Waals surface area contributed by atoms with Crippen LogP contribution in [0.5, 0.6) is 11.5 Å². The van der Waals surface area contributed by atoms with E-state index in [1.165, 1.54) is 11.8 Å². The van der Waals surface area contributed by atoms with Crippen LogP contribution >= 0.6 is 11.8 Å². The third-order valence-electron chi connectivity index (χ3n) is 3.16. The molecule has 6 heteroatoms. The first-order valence-corrected chi connectivity index (χ1v) is 8.28. The van der Waals surface area contributed by atoms with Gasteiger partial charge >= 0.3 is 0 Å². The molecule has 2 aromatic rings. The van der Waals surface area contributed by atoms with Crippen LogP contribution in [-0.2, 0) is 0 Å². The Bertz CT molecular complexity index is 719. The first kappa shape index (κ1) is 15.7. The Kier molecular flexibility index (Phi) is 4.71. The number of pyridine rings is 1. The average molecular weight is 330 g/mol. The number of carbonyl (C=O) groups is 1. The third-order valence-corrected chi connectivity index (χ3v) is 4.17. The van der Waals surface area contributed by atoms with Crippen molar-refractivity contribution in [3.8, 4) is 11.5 Å². The van der Waals surface area contributed by atoms with Gasteiger partial charge in [-0.25, -0.2) is 4.98 Å². The molecule has 1 aliphatic rings. The summed E-state index contributed by atoms with van der Waals surface area (Å²) in [5.74, 6) is 1.36. The minimum atomic E-state index is -0.117. The Balaban J connectivity index is 1.84. The van der Waals surface area contributed by atoms with Gasteiger partial charge in [-0.1, -0.05) is 11.8 Å². The molecule has 23 heavy (non-hydrogen) atoms. The molecular formula is C17H18N2O3S. The van der Waals surface area contributed by atoms with Gasteiger partial charge in [0.05, 0.1) is 5.56 Å². The van der Waals surface area contributed by atoms with E-state index in [-0.39, 0.29) is 11.9 Å². The number of benzene rings is 1. The predicted molar refractivity (Wildman–Crippen MR) is 88.4 cm³/mol. The quantitative estimate of drug-likeness (QED) is 0.933. The van der Waals surface area contributed by atoms with Crippen molar-refractivity contribution in [2.45, 2.75) is 29.8 Å². The number of nitrogens with zero attached hydrogens (tertiary/aromatic N) is 1. The fraction of sp³-hybridized carbons (Fsp3) is 0.294. The van der Waals surface area contributed by atoms with Crippen LogP contribution in [0.4, 0.5) is 0 Å². The van der Waals surface area contributed by atoms with Crippen molar-refractivity contribution in [1.29, 1.82) is 0 Å². The van der Waals surface area contributed by atoms with Gasteiger partial charge in [-0.2, -0.15) is 0 Å². The van der Waals surface area contributed by atoms with Gasteiger partial charge in [-0.3, -0.25) is 4.79 Å². The first-order valence-electron chi connectivity index (χ1n) is 7.47. The largest absolute Gasteiger partial charge is 0.486 e. The van der Waals surface area contributed by atoms with Crippen LogP contribution in [0.25, 0.3) is 0 Å². The number of nitrogens with one attached hydrogen (secondary N) is 1. The van der Waals surface area contributed by atoms with E-state index in [0.717, 1.165) is 16.4 Å². The molecule has 0 saturated carbocycles. The predicted octanol–water partition coefficient (Wildman–Crippen LogP) is 3.14. The van der Waals surface area contributed by atoms with E-state index >= 15 is 0 Å². The summed E-state index contributed by atoms with van der Waals surface area (Å²) in [7, 11) is 0. The van der Waals surface area contributed by atoms with Gasteiger partial charge in [0.2, 0.25) is 0 Å². The number of hydrogen-bond acceptors (Lipinski definition) is 5. The lowest BCUT2D eigenvalue weighted by molar-refractivity contribution is 0.0939. The Labute approximate surface area is 139 Å². The highest BCUT2D eigenvalue weighted by atomic mass is 32.2. The lowest BCUT2D eigenvalue weighted by Crippen LogP contribution is -2.30. The van der Waals surface area contributed by atoms with Crippen LogP contribution in [0.2, 0.25) is 0 Å². The van der Waals surface area contributed by atoms with Crippen molar-refractivity contribution in [2.75, 3.05) is 13.2 Å². The Morgan fingerprint density at radius 1 is 1.22 bits per heavy atom. The molecule has 120 valence electrons. The molecule has 1 aromatic heterocycles. The molecule has 0 saturated heterocycles. The number of fused-ring (bicyclic) bond motifs is 1. The molecule has 1 aliphatic heterocycles. The number of rotatable bonds is 4. The van der Waals surface area contributed by atoms with Crippen LogP contribution in [0.3, 0.4) is 0 Å². The molecule has 0 bridgehead atoms. The Morgan fingerprint density at radius 3 is 2.78 bits per heavy atom. The van der Waals surface area contributed by atoms with Gasteiger partial charge in [0, 0.05) is 17.1 Å². The smallest absolute Gasteiger partial charge is 0.254 e. The van der Waals surface area contributed by atoms with Gasteiger partial charge in [0.25, 0.3) is 5.91 Å². The van der Waals surface area contributed by atoms with Gasteiger partial charge < -0.3 is 14.8 Å². The average Bonchev–Trinajstić information content (AvgIpc) is 2.54. The van der Waals surface area contributed by atoms with Crippen molar-refractivity contribution in [1.82, 2.24) is 10.3 Å². The number of aromatic nitrogens is 1. The minimum Gasteiger partial charge on any atom is -0.486 e. The zero-order valence-electron chi connectivity index (χ0n) is 13.0. The number of carbonyl (C=O) groups excluding carboxylic acids is 1. The molecule has 5 nitrogen and oxygen atoms in total. The second-order valence-corrected chi connectivity index (χ2v) is 6.45. The summed E-state index contributed by atoms with van der Waals surface area (Å²) in [5, 5.41) is 3.57. The molecule has 0 fully saturated rings. The minimum absolute atomic E-state index is 0.0786. The number of amides is 1. The van der Waals surface area contributed by atoms with Gasteiger partial charge in [-0.15, -0.1) is 0 Å². The van der Waals surface area contributed by atoms with Crippen LogP contribution in [0, 0.1) is 0 Å². The Morgan fingerprint density at radius 2 is 2.00 bits per heavy atom. The fourth-order valence-corrected chi connectivity index (χ4v) is 3.09. The van der Waals surface area contributed by atoms with Gasteiger partial charge in [0.1, 0.15) is 18.2 Å². The van der Waals surface area contributed by atoms with E-state index in [4.69, 9.17) is 9.47 Å². The van der Waals surface area contributed by atoms with Crippen LogP contribution in [-0.4, -0.2) is 30.1 Å². The summed E-state index contributed by atoms with van der Waals surface area (Å²) < 4.78 is 11.1. The monoisotopic (exact) mass is 330 g/mol. The lowest BCUT2D eigenvalue weighted by atomic mass is 10.2. The number of ether oxygens (including phenoxy) is 2. The maximum absolute atomic E-state index is 12.3. The van der Waals surface area contributed by atoms with Crippen LogP contribution in [0.1, 0.15) is 24.2 Å². The van der Waals surface area contributed by atoms with Crippen molar-refractivity contribution in [3.05, 3.63) is 42.1 Å². The molecule has 1 amide bonds. The Hall–Kier alpha value is -2.21. The van der Waals surface area contributed by atoms with E-state index in [2.05, 4.69) is 10.3 Å². The SMILES string of the molecule is CC(C)NC(=O)c1cccnc1Sc1ccc2c(c1)OCCO2. The van der Waals surface area contributed by atoms with Crippen LogP contribution < -0.4 is 14.8 Å². The fourth-order valence-electron chi connectivity index (χ4n) is 2.18. The van der Waals surface area contributed by atoms with E-state index in [1.54, 1.807) is 18.3 Å².